The summed E-state index contributed by atoms with van der Waals surface area (Å²) in [6, 6.07) is 20.9. The fourth-order valence-corrected chi connectivity index (χ4v) is 3.87. The molecule has 3 rings (SSSR count). The van der Waals surface area contributed by atoms with E-state index in [0.29, 0.717) is 12.3 Å². The highest BCUT2D eigenvalue weighted by Crippen LogP contribution is 2.21. The van der Waals surface area contributed by atoms with Gasteiger partial charge in [0.15, 0.2) is 5.96 Å². The van der Waals surface area contributed by atoms with E-state index in [2.05, 4.69) is 65.9 Å². The zero-order chi connectivity index (χ0) is 21.4. The lowest BCUT2D eigenvalue weighted by molar-refractivity contribution is -0.127. The Bertz CT molecular complexity index is 839. The highest BCUT2D eigenvalue weighted by Gasteiger charge is 2.29. The molecule has 1 fully saturated rings. The fraction of sp³-hybridized carbons (Fsp3) is 0.440. The van der Waals surface area contributed by atoms with Crippen LogP contribution < -0.4 is 10.6 Å². The van der Waals surface area contributed by atoms with Crippen molar-refractivity contribution in [2.45, 2.75) is 32.1 Å². The molecule has 0 saturated carbocycles. The second-order valence-corrected chi connectivity index (χ2v) is 8.70. The van der Waals surface area contributed by atoms with Crippen molar-refractivity contribution in [2.24, 2.45) is 10.9 Å². The largest absolute Gasteiger partial charge is 0.356 e. The van der Waals surface area contributed by atoms with Crippen molar-refractivity contribution in [1.29, 1.82) is 0 Å². The number of hydrogen-bond donors (Lipinski definition) is 2. The number of guanidine groups is 1. The molecule has 168 valence electrons. The second kappa shape index (κ2) is 12.1. The van der Waals surface area contributed by atoms with Crippen molar-refractivity contribution in [1.82, 2.24) is 15.5 Å². The molecule has 5 nitrogen and oxygen atoms in total. The van der Waals surface area contributed by atoms with Gasteiger partial charge in [0.2, 0.25) is 5.91 Å². The maximum atomic E-state index is 12.4. The van der Waals surface area contributed by atoms with Gasteiger partial charge in [-0.2, -0.15) is 0 Å². The third-order valence-electron chi connectivity index (χ3n) is 5.84. The molecule has 1 amide bonds. The normalized spacial score (nSPS) is 16.7. The van der Waals surface area contributed by atoms with Crippen LogP contribution in [0.1, 0.15) is 31.4 Å². The predicted octanol–water partition coefficient (Wildman–Crippen LogP) is 3.84. The van der Waals surface area contributed by atoms with Crippen LogP contribution >= 0.6 is 24.0 Å². The Balaban J connectivity index is 0.00000341. The number of hydrogen-bond acceptors (Lipinski definition) is 2. The van der Waals surface area contributed by atoms with Crippen molar-refractivity contribution >= 4 is 35.8 Å². The van der Waals surface area contributed by atoms with Gasteiger partial charge in [-0.15, -0.1) is 24.0 Å². The van der Waals surface area contributed by atoms with Gasteiger partial charge in [0.25, 0.3) is 0 Å². The lowest BCUT2D eigenvalue weighted by atomic mass is 9.85. The Morgan fingerprint density at radius 1 is 1.06 bits per heavy atom. The van der Waals surface area contributed by atoms with E-state index in [4.69, 9.17) is 0 Å². The maximum Gasteiger partial charge on any atom is 0.223 e. The summed E-state index contributed by atoms with van der Waals surface area (Å²) >= 11 is 0. The SMILES string of the molecule is CN=C(NCC1CC(=O)N(CCc2ccccc2)C1)NCC(C)(C)c1ccccc1.I. The Morgan fingerprint density at radius 3 is 2.35 bits per heavy atom. The lowest BCUT2D eigenvalue weighted by Crippen LogP contribution is -2.45. The van der Waals surface area contributed by atoms with E-state index in [9.17, 15) is 4.79 Å². The number of aliphatic imine (C=N–C) groups is 1. The number of carbonyl (C=O) groups is 1. The zero-order valence-electron chi connectivity index (χ0n) is 18.8. The average molecular weight is 534 g/mol. The van der Waals surface area contributed by atoms with Crippen LogP contribution in [0.15, 0.2) is 65.7 Å². The number of carbonyl (C=O) groups excluding carboxylic acids is 1. The molecule has 1 aliphatic heterocycles. The Morgan fingerprint density at radius 2 is 1.71 bits per heavy atom. The van der Waals surface area contributed by atoms with Crippen LogP contribution in [-0.4, -0.2) is 50.0 Å². The third-order valence-corrected chi connectivity index (χ3v) is 5.84. The molecule has 0 radical (unpaired) electrons. The van der Waals surface area contributed by atoms with Crippen molar-refractivity contribution in [3.8, 4) is 0 Å². The lowest BCUT2D eigenvalue weighted by Gasteiger charge is -2.27. The maximum absolute atomic E-state index is 12.4. The van der Waals surface area contributed by atoms with E-state index in [1.165, 1.54) is 11.1 Å². The summed E-state index contributed by atoms with van der Waals surface area (Å²) in [6.07, 6.45) is 1.51. The molecule has 31 heavy (non-hydrogen) atoms. The Labute approximate surface area is 203 Å². The number of nitrogens with one attached hydrogen (secondary N) is 2. The smallest absolute Gasteiger partial charge is 0.223 e. The summed E-state index contributed by atoms with van der Waals surface area (Å²) in [5.74, 6) is 1.36. The number of amides is 1. The van der Waals surface area contributed by atoms with Crippen molar-refractivity contribution in [3.63, 3.8) is 0 Å². The molecule has 0 aromatic heterocycles. The monoisotopic (exact) mass is 534 g/mol. The van der Waals surface area contributed by atoms with E-state index in [-0.39, 0.29) is 35.3 Å². The molecule has 0 spiro atoms. The van der Waals surface area contributed by atoms with Crippen molar-refractivity contribution in [2.75, 3.05) is 33.2 Å². The van der Waals surface area contributed by atoms with E-state index < -0.39 is 0 Å². The topological polar surface area (TPSA) is 56.7 Å². The Kier molecular flexibility index (Phi) is 9.81. The zero-order valence-corrected chi connectivity index (χ0v) is 21.1. The van der Waals surface area contributed by atoms with E-state index in [1.54, 1.807) is 7.05 Å². The Hall–Kier alpha value is -2.09. The average Bonchev–Trinajstić information content (AvgIpc) is 3.13. The minimum Gasteiger partial charge on any atom is -0.356 e. The van der Waals surface area contributed by atoms with E-state index in [1.807, 2.05) is 29.2 Å². The first-order valence-electron chi connectivity index (χ1n) is 10.8. The first-order valence-corrected chi connectivity index (χ1v) is 10.8. The summed E-state index contributed by atoms with van der Waals surface area (Å²) < 4.78 is 0. The molecule has 0 bridgehead atoms. The molecule has 6 heteroatoms. The van der Waals surface area contributed by atoms with Gasteiger partial charge in [-0.3, -0.25) is 9.79 Å². The predicted molar refractivity (Wildman–Crippen MR) is 139 cm³/mol. The molecule has 1 heterocycles. The summed E-state index contributed by atoms with van der Waals surface area (Å²) in [6.45, 7) is 7.58. The highest BCUT2D eigenvalue weighted by molar-refractivity contribution is 14.0. The molecule has 2 N–H and O–H groups in total. The molecular formula is C25H35IN4O. The highest BCUT2D eigenvalue weighted by atomic mass is 127. The van der Waals surface area contributed by atoms with E-state index >= 15 is 0 Å². The number of nitrogens with zero attached hydrogens (tertiary/aromatic N) is 2. The number of benzene rings is 2. The van der Waals surface area contributed by atoms with Crippen LogP contribution in [0, 0.1) is 5.92 Å². The van der Waals surface area contributed by atoms with Crippen LogP contribution in [0.3, 0.4) is 0 Å². The van der Waals surface area contributed by atoms with Gasteiger partial charge >= 0.3 is 0 Å². The van der Waals surface area contributed by atoms with Gasteiger partial charge in [-0.25, -0.2) is 0 Å². The number of halogens is 1. The van der Waals surface area contributed by atoms with Gasteiger partial charge in [-0.05, 0) is 17.5 Å². The van der Waals surface area contributed by atoms with E-state index in [0.717, 1.165) is 38.6 Å². The summed E-state index contributed by atoms with van der Waals surface area (Å²) in [4.78, 5) is 18.7. The summed E-state index contributed by atoms with van der Waals surface area (Å²) in [7, 11) is 1.79. The van der Waals surface area contributed by atoms with Crippen molar-refractivity contribution < 1.29 is 4.79 Å². The summed E-state index contributed by atoms with van der Waals surface area (Å²) in [5, 5.41) is 6.85. The first-order chi connectivity index (χ1) is 14.5. The van der Waals surface area contributed by atoms with Gasteiger partial charge < -0.3 is 15.5 Å². The van der Waals surface area contributed by atoms with Crippen LogP contribution in [0.4, 0.5) is 0 Å². The van der Waals surface area contributed by atoms with Crippen molar-refractivity contribution in [3.05, 3.63) is 71.8 Å². The van der Waals surface area contributed by atoms with Crippen LogP contribution in [0.25, 0.3) is 0 Å². The van der Waals surface area contributed by atoms with Gasteiger partial charge in [0, 0.05) is 51.0 Å². The van der Waals surface area contributed by atoms with Gasteiger partial charge in [0.05, 0.1) is 0 Å². The number of likely N-dealkylation sites (tertiary alicyclic amines) is 1. The van der Waals surface area contributed by atoms with Crippen LogP contribution in [-0.2, 0) is 16.6 Å². The molecule has 1 saturated heterocycles. The second-order valence-electron chi connectivity index (χ2n) is 8.70. The summed E-state index contributed by atoms with van der Waals surface area (Å²) in [5.41, 5.74) is 2.57. The number of rotatable bonds is 8. The van der Waals surface area contributed by atoms with Crippen LogP contribution in [0.2, 0.25) is 0 Å². The standard InChI is InChI=1S/C25H34N4O.HI/c1-25(2,22-12-8-5-9-13-22)19-28-24(26-3)27-17-21-16-23(30)29(18-21)15-14-20-10-6-4-7-11-20;/h4-13,21H,14-19H2,1-3H3,(H2,26,27,28);1H. The minimum atomic E-state index is -0.00353. The molecule has 1 atom stereocenters. The first kappa shape index (κ1) is 25.2. The molecular weight excluding hydrogens is 499 g/mol. The third kappa shape index (κ3) is 7.52. The fourth-order valence-electron chi connectivity index (χ4n) is 3.87. The van der Waals surface area contributed by atoms with Gasteiger partial charge in [0.1, 0.15) is 0 Å². The quantitative estimate of drug-likeness (QED) is 0.308. The molecule has 1 aliphatic rings. The molecule has 0 aliphatic carbocycles. The molecule has 1 unspecified atom stereocenters. The van der Waals surface area contributed by atoms with Crippen LogP contribution in [0.5, 0.6) is 0 Å². The van der Waals surface area contributed by atoms with Gasteiger partial charge in [-0.1, -0.05) is 74.5 Å². The molecule has 2 aromatic carbocycles. The minimum absolute atomic E-state index is 0. The molecule has 2 aromatic rings.